The summed E-state index contributed by atoms with van der Waals surface area (Å²) in [6.07, 6.45) is 6.53. The molecule has 3 nitrogen and oxygen atoms in total. The van der Waals surface area contributed by atoms with Crippen LogP contribution < -0.4 is 0 Å². The molecular weight excluding hydrogens is 777 g/mol. The van der Waals surface area contributed by atoms with Crippen LogP contribution in [0.2, 0.25) is 0 Å². The van der Waals surface area contributed by atoms with Crippen LogP contribution in [0.3, 0.4) is 0 Å². The van der Waals surface area contributed by atoms with Gasteiger partial charge in [0.1, 0.15) is 17.4 Å². The molecule has 0 aliphatic heterocycles. The van der Waals surface area contributed by atoms with Crippen LogP contribution in [0.5, 0.6) is 0 Å². The third kappa shape index (κ3) is 7.82. The van der Waals surface area contributed by atoms with Gasteiger partial charge in [-0.3, -0.25) is 9.78 Å². The predicted molar refractivity (Wildman–Crippen MR) is 185 cm³/mol. The minimum Gasteiger partial charge on any atom is -0.512 e. The molecule has 0 saturated carbocycles. The van der Waals surface area contributed by atoms with Crippen molar-refractivity contribution < 1.29 is 38.8 Å². The first-order chi connectivity index (χ1) is 21.4. The van der Waals surface area contributed by atoms with Crippen molar-refractivity contribution >= 4 is 38.0 Å². The molecule has 1 N–H and O–H groups in total. The molecule has 0 atom stereocenters. The molecule has 0 amide bonds. The molecule has 5 aromatic rings. The molecule has 7 heteroatoms. The van der Waals surface area contributed by atoms with Gasteiger partial charge in [-0.05, 0) is 67.3 Å². The van der Waals surface area contributed by atoms with Crippen molar-refractivity contribution in [2.45, 2.75) is 74.1 Å². The van der Waals surface area contributed by atoms with E-state index in [4.69, 9.17) is 0 Å². The van der Waals surface area contributed by atoms with Crippen molar-refractivity contribution in [1.82, 2.24) is 4.98 Å². The summed E-state index contributed by atoms with van der Waals surface area (Å²) in [6.45, 7) is 14.1. The zero-order valence-corrected chi connectivity index (χ0v) is 30.8. The number of aryl methyl sites for hydroxylation is 1. The quantitative estimate of drug-likeness (QED) is 0.0916. The van der Waals surface area contributed by atoms with Gasteiger partial charge in [-0.15, -0.1) is 41.0 Å². The monoisotopic (exact) mass is 819 g/mol. The summed E-state index contributed by atoms with van der Waals surface area (Å²) in [5.41, 5.74) is 2.68. The Balaban J connectivity index is 0.000000280. The minimum absolute atomic E-state index is 0. The topological polar surface area (TPSA) is 50.2 Å². The van der Waals surface area contributed by atoms with Crippen LogP contribution >= 0.6 is 11.3 Å². The Morgan fingerprint density at radius 2 is 1.52 bits per heavy atom. The van der Waals surface area contributed by atoms with Crippen LogP contribution in [0.1, 0.15) is 72.8 Å². The zero-order valence-electron chi connectivity index (χ0n) is 27.6. The number of aliphatic hydroxyl groups is 1. The van der Waals surface area contributed by atoms with Crippen molar-refractivity contribution in [3.8, 4) is 21.7 Å². The SMILES string of the molecule is CCC(C)(CC)C(=O)/C=C(\O)C(C)(CC)CC.Cc1c(-c2cc(F)cc(F)c2)sc2c(-c3[c-]c4ccccc4cc3)nccc12.[Ir]. The van der Waals surface area contributed by atoms with Gasteiger partial charge in [0.25, 0.3) is 0 Å². The number of benzene rings is 3. The van der Waals surface area contributed by atoms with Crippen molar-refractivity contribution in [3.63, 3.8) is 0 Å². The molecule has 0 spiro atoms. The van der Waals surface area contributed by atoms with Gasteiger partial charge in [0.2, 0.25) is 0 Å². The Bertz CT molecular complexity index is 1830. The number of ketones is 1. The van der Waals surface area contributed by atoms with Gasteiger partial charge in [-0.1, -0.05) is 70.7 Å². The van der Waals surface area contributed by atoms with Gasteiger partial charge in [0.15, 0.2) is 5.78 Å². The van der Waals surface area contributed by atoms with E-state index in [2.05, 4.69) is 23.2 Å². The summed E-state index contributed by atoms with van der Waals surface area (Å²) >= 11 is 1.51. The zero-order chi connectivity index (χ0) is 32.9. The van der Waals surface area contributed by atoms with E-state index in [1.54, 1.807) is 6.20 Å². The summed E-state index contributed by atoms with van der Waals surface area (Å²) in [5.74, 6) is -0.866. The number of halogens is 2. The number of hydrogen-bond acceptors (Lipinski definition) is 4. The molecule has 5 rings (SSSR count). The Hall–Kier alpha value is -3.25. The Morgan fingerprint density at radius 3 is 2.13 bits per heavy atom. The first-order valence-corrected chi connectivity index (χ1v) is 16.4. The molecule has 2 heterocycles. The van der Waals surface area contributed by atoms with E-state index in [1.807, 2.05) is 78.8 Å². The van der Waals surface area contributed by atoms with Crippen molar-refractivity contribution in [2.24, 2.45) is 10.8 Å². The standard InChI is InChI=1S/C24H14F2NS.C15H28O2.Ir/c1-14-21-8-9-27-22(17-7-6-15-4-2-3-5-16(15)10-17)24(21)28-23(14)18-11-19(25)13-20(26)12-18;1-7-14(5,8-2)12(16)11-13(17)15(6,9-3)10-4;/h2-9,11-13H,1H3;11,16H,7-10H2,1-6H3;/q-1;;/b;12-11-;. The maximum Gasteiger partial charge on any atom is 0.164 e. The number of aromatic nitrogens is 1. The van der Waals surface area contributed by atoms with Gasteiger partial charge >= 0.3 is 0 Å². The van der Waals surface area contributed by atoms with Crippen LogP contribution in [0.25, 0.3) is 42.6 Å². The molecule has 245 valence electrons. The van der Waals surface area contributed by atoms with E-state index in [1.165, 1.54) is 29.5 Å². The third-order valence-electron chi connectivity index (χ3n) is 9.50. The fraction of sp³-hybridized carbons (Fsp3) is 0.333. The first-order valence-electron chi connectivity index (χ1n) is 15.6. The summed E-state index contributed by atoms with van der Waals surface area (Å²) < 4.78 is 28.5. The fourth-order valence-electron chi connectivity index (χ4n) is 5.24. The second-order valence-corrected chi connectivity index (χ2v) is 13.2. The molecule has 46 heavy (non-hydrogen) atoms. The molecule has 0 bridgehead atoms. The molecule has 2 aromatic heterocycles. The van der Waals surface area contributed by atoms with Gasteiger partial charge < -0.3 is 5.11 Å². The largest absolute Gasteiger partial charge is 0.512 e. The first kappa shape index (κ1) is 37.2. The molecule has 3 aromatic carbocycles. The molecule has 0 unspecified atom stereocenters. The van der Waals surface area contributed by atoms with Gasteiger partial charge in [-0.2, -0.15) is 0 Å². The number of nitrogens with zero attached hydrogens (tertiary/aromatic N) is 1. The predicted octanol–water partition coefficient (Wildman–Crippen LogP) is 11.8. The second-order valence-electron chi connectivity index (χ2n) is 12.1. The number of carbonyl (C=O) groups is 1. The van der Waals surface area contributed by atoms with Crippen LogP contribution in [0.4, 0.5) is 8.78 Å². The number of carbonyl (C=O) groups excluding carboxylic acids is 1. The normalized spacial score (nSPS) is 12.1. The number of allylic oxidation sites excluding steroid dienone is 2. The molecule has 1 radical (unpaired) electrons. The van der Waals surface area contributed by atoms with Crippen molar-refractivity contribution in [2.75, 3.05) is 0 Å². The summed E-state index contributed by atoms with van der Waals surface area (Å²) in [4.78, 5) is 17.6. The number of thiophene rings is 1. The van der Waals surface area contributed by atoms with E-state index in [-0.39, 0.29) is 42.5 Å². The number of hydrogen-bond donors (Lipinski definition) is 1. The van der Waals surface area contributed by atoms with E-state index in [9.17, 15) is 18.7 Å². The smallest absolute Gasteiger partial charge is 0.164 e. The fourth-order valence-corrected chi connectivity index (χ4v) is 6.53. The molecule has 0 aliphatic rings. The van der Waals surface area contributed by atoms with Gasteiger partial charge in [0, 0.05) is 64.5 Å². The van der Waals surface area contributed by atoms with Crippen molar-refractivity contribution in [3.05, 3.63) is 102 Å². The maximum absolute atomic E-state index is 13.7. The Labute approximate surface area is 289 Å². The average molecular weight is 819 g/mol. The van der Waals surface area contributed by atoms with Crippen LogP contribution in [0.15, 0.2) is 78.7 Å². The number of rotatable bonds is 9. The van der Waals surface area contributed by atoms with E-state index >= 15 is 0 Å². The molecule has 0 fully saturated rings. The third-order valence-corrected chi connectivity index (χ3v) is 10.9. The number of aliphatic hydroxyl groups excluding tert-OH is 1. The molecule has 0 aliphatic carbocycles. The minimum atomic E-state index is -0.576. The Morgan fingerprint density at radius 1 is 0.913 bits per heavy atom. The van der Waals surface area contributed by atoms with Crippen molar-refractivity contribution in [1.29, 1.82) is 0 Å². The van der Waals surface area contributed by atoms with Crippen LogP contribution in [-0.4, -0.2) is 15.9 Å². The summed E-state index contributed by atoms with van der Waals surface area (Å²) in [5, 5.41) is 13.3. The van der Waals surface area contributed by atoms with Crippen LogP contribution in [0, 0.1) is 35.5 Å². The Kier molecular flexibility index (Phi) is 12.6. The summed E-state index contributed by atoms with van der Waals surface area (Å²) in [6, 6.07) is 21.2. The van der Waals surface area contributed by atoms with Crippen LogP contribution in [-0.2, 0) is 24.9 Å². The molecule has 0 saturated heterocycles. The van der Waals surface area contributed by atoms with Gasteiger partial charge in [0.05, 0.1) is 0 Å². The van der Waals surface area contributed by atoms with E-state index < -0.39 is 11.6 Å². The summed E-state index contributed by atoms with van der Waals surface area (Å²) in [7, 11) is 0. The maximum atomic E-state index is 13.7. The second kappa shape index (κ2) is 15.6. The average Bonchev–Trinajstić information content (AvgIpc) is 3.39. The number of fused-ring (bicyclic) bond motifs is 2. The van der Waals surface area contributed by atoms with Gasteiger partial charge in [-0.25, -0.2) is 8.78 Å². The van der Waals surface area contributed by atoms with E-state index in [0.717, 1.165) is 74.3 Å². The van der Waals surface area contributed by atoms with E-state index in [0.29, 0.717) is 5.56 Å². The molecular formula is C39H42F2IrNO2S-. The number of pyridine rings is 1.